The first-order valence-corrected chi connectivity index (χ1v) is 17.6. The van der Waals surface area contributed by atoms with E-state index in [1.807, 2.05) is 0 Å². The highest BCUT2D eigenvalue weighted by atomic mass is 15.0. The predicted molar refractivity (Wildman–Crippen MR) is 209 cm³/mol. The molecule has 0 amide bonds. The first-order valence-electron chi connectivity index (χ1n) is 17.6. The zero-order valence-electron chi connectivity index (χ0n) is 28.0. The summed E-state index contributed by atoms with van der Waals surface area (Å²) in [5.41, 5.74) is 19.2. The Balaban J connectivity index is 1.20. The van der Waals surface area contributed by atoms with Crippen molar-refractivity contribution in [1.82, 2.24) is 4.57 Å². The van der Waals surface area contributed by atoms with Gasteiger partial charge in [-0.1, -0.05) is 127 Å². The largest absolute Gasteiger partial charge is 0.309 e. The lowest BCUT2D eigenvalue weighted by molar-refractivity contribution is 0.794. The van der Waals surface area contributed by atoms with Crippen LogP contribution in [0.25, 0.3) is 71.6 Å². The molecule has 0 fully saturated rings. The highest BCUT2D eigenvalue weighted by molar-refractivity contribution is 6.22. The Morgan fingerprint density at radius 3 is 1.62 bits per heavy atom. The van der Waals surface area contributed by atoms with Crippen molar-refractivity contribution in [3.63, 3.8) is 0 Å². The number of rotatable bonds is 2. The van der Waals surface area contributed by atoms with E-state index in [1.54, 1.807) is 0 Å². The van der Waals surface area contributed by atoms with Crippen LogP contribution in [0.1, 0.15) is 33.4 Å². The van der Waals surface area contributed by atoms with Crippen molar-refractivity contribution in [1.29, 1.82) is 0 Å². The molecule has 8 aromatic carbocycles. The Kier molecular flexibility index (Phi) is 5.51. The Morgan fingerprint density at radius 2 is 0.940 bits per heavy atom. The molecule has 2 aliphatic carbocycles. The Bertz CT molecular complexity index is 2820. The standard InChI is InChI=1S/C49H33N/c1-30-25-31(2)27-35(26-30)50-46-23-21-33(28-41(46)48-36-12-4-3-11-32(36)20-24-47(48)50)34-19-22-40-39-15-7-10-18-44(39)49(45(40)29-34)42-16-8-5-13-37(42)38-14-6-9-17-43(38)49/h3-29H,1-2H3. The molecule has 2 aliphatic rings. The number of fused-ring (bicyclic) bond motifs is 15. The molecule has 0 saturated heterocycles. The van der Waals surface area contributed by atoms with Crippen molar-refractivity contribution in [3.8, 4) is 39.1 Å². The van der Waals surface area contributed by atoms with E-state index in [0.29, 0.717) is 0 Å². The Labute approximate surface area is 291 Å². The van der Waals surface area contributed by atoms with Gasteiger partial charge >= 0.3 is 0 Å². The molecule has 1 heterocycles. The van der Waals surface area contributed by atoms with Gasteiger partial charge in [-0.2, -0.15) is 0 Å². The minimum absolute atomic E-state index is 0.353. The summed E-state index contributed by atoms with van der Waals surface area (Å²) >= 11 is 0. The Hall–Kier alpha value is -6.18. The van der Waals surface area contributed by atoms with E-state index in [0.717, 1.165) is 0 Å². The molecular weight excluding hydrogens is 603 g/mol. The molecule has 0 bridgehead atoms. The third-order valence-corrected chi connectivity index (χ3v) is 11.4. The molecule has 234 valence electrons. The summed E-state index contributed by atoms with van der Waals surface area (Å²) in [5.74, 6) is 0. The third-order valence-electron chi connectivity index (χ3n) is 11.4. The van der Waals surface area contributed by atoms with Gasteiger partial charge in [-0.15, -0.1) is 0 Å². The van der Waals surface area contributed by atoms with Gasteiger partial charge < -0.3 is 4.57 Å². The number of hydrogen-bond donors (Lipinski definition) is 0. The lowest BCUT2D eigenvalue weighted by Crippen LogP contribution is -2.25. The molecule has 0 saturated carbocycles. The van der Waals surface area contributed by atoms with Crippen LogP contribution < -0.4 is 0 Å². The first-order chi connectivity index (χ1) is 24.6. The molecule has 0 N–H and O–H groups in total. The maximum atomic E-state index is 2.50. The fourth-order valence-corrected chi connectivity index (χ4v) is 9.60. The molecule has 1 spiro atoms. The van der Waals surface area contributed by atoms with Gasteiger partial charge in [0.25, 0.3) is 0 Å². The second kappa shape index (κ2) is 9.94. The molecule has 0 aliphatic heterocycles. The minimum Gasteiger partial charge on any atom is -0.309 e. The van der Waals surface area contributed by atoms with E-state index in [4.69, 9.17) is 0 Å². The van der Waals surface area contributed by atoms with Gasteiger partial charge in [0.15, 0.2) is 0 Å². The van der Waals surface area contributed by atoms with Crippen LogP contribution in [0.5, 0.6) is 0 Å². The van der Waals surface area contributed by atoms with Gasteiger partial charge in [0, 0.05) is 16.5 Å². The van der Waals surface area contributed by atoms with Gasteiger partial charge in [-0.25, -0.2) is 0 Å². The molecule has 1 aromatic heterocycles. The predicted octanol–water partition coefficient (Wildman–Crippen LogP) is 12.6. The lowest BCUT2D eigenvalue weighted by atomic mass is 9.70. The van der Waals surface area contributed by atoms with E-state index >= 15 is 0 Å². The zero-order valence-corrected chi connectivity index (χ0v) is 28.0. The first kappa shape index (κ1) is 27.7. The third kappa shape index (κ3) is 3.51. The van der Waals surface area contributed by atoms with Crippen LogP contribution in [0, 0.1) is 13.8 Å². The average Bonchev–Trinajstić information content (AvgIpc) is 3.76. The normalized spacial score (nSPS) is 13.6. The molecule has 0 atom stereocenters. The second-order valence-corrected chi connectivity index (χ2v) is 14.2. The van der Waals surface area contributed by atoms with Crippen LogP contribution in [-0.4, -0.2) is 4.57 Å². The van der Waals surface area contributed by atoms with E-state index in [-0.39, 0.29) is 5.41 Å². The molecule has 50 heavy (non-hydrogen) atoms. The van der Waals surface area contributed by atoms with Crippen LogP contribution in [0.4, 0.5) is 0 Å². The van der Waals surface area contributed by atoms with Crippen LogP contribution in [0.2, 0.25) is 0 Å². The van der Waals surface area contributed by atoms with Crippen molar-refractivity contribution in [2.24, 2.45) is 0 Å². The second-order valence-electron chi connectivity index (χ2n) is 14.2. The SMILES string of the molecule is Cc1cc(C)cc(-n2c3ccc(-c4ccc5c(c4)C4(c6ccccc6-c6ccccc64)c4ccccc4-5)cc3c3c4ccccc4ccc32)c1. The summed E-state index contributed by atoms with van der Waals surface area (Å²) in [6.07, 6.45) is 0. The van der Waals surface area contributed by atoms with Crippen molar-refractivity contribution in [3.05, 3.63) is 197 Å². The van der Waals surface area contributed by atoms with Crippen molar-refractivity contribution in [2.45, 2.75) is 19.3 Å². The molecule has 1 heteroatoms. The molecule has 11 rings (SSSR count). The molecule has 0 radical (unpaired) electrons. The number of aryl methyl sites for hydroxylation is 2. The summed E-state index contributed by atoms with van der Waals surface area (Å²) in [6.45, 7) is 4.38. The molecule has 9 aromatic rings. The van der Waals surface area contributed by atoms with Gasteiger partial charge in [0.1, 0.15) is 0 Å². The summed E-state index contributed by atoms with van der Waals surface area (Å²) < 4.78 is 2.46. The minimum atomic E-state index is -0.353. The molecule has 1 nitrogen and oxygen atoms in total. The average molecular weight is 636 g/mol. The number of hydrogen-bond acceptors (Lipinski definition) is 0. The van der Waals surface area contributed by atoms with Crippen molar-refractivity contribution >= 4 is 32.6 Å². The summed E-state index contributed by atoms with van der Waals surface area (Å²) in [6, 6.07) is 61.7. The van der Waals surface area contributed by atoms with Gasteiger partial charge in [-0.3, -0.25) is 0 Å². The molecule has 0 unspecified atom stereocenters. The summed E-state index contributed by atoms with van der Waals surface area (Å²) in [7, 11) is 0. The number of benzene rings is 8. The van der Waals surface area contributed by atoms with Gasteiger partial charge in [0.05, 0.1) is 16.4 Å². The molecular formula is C49H33N. The number of aromatic nitrogens is 1. The Morgan fingerprint density at radius 1 is 0.400 bits per heavy atom. The van der Waals surface area contributed by atoms with Gasteiger partial charge in [-0.05, 0) is 128 Å². The summed E-state index contributed by atoms with van der Waals surface area (Å²) in [5, 5.41) is 5.14. The van der Waals surface area contributed by atoms with Gasteiger partial charge in [0.2, 0.25) is 0 Å². The van der Waals surface area contributed by atoms with Crippen LogP contribution in [0.15, 0.2) is 164 Å². The summed E-state index contributed by atoms with van der Waals surface area (Å²) in [4.78, 5) is 0. The maximum absolute atomic E-state index is 2.50. The van der Waals surface area contributed by atoms with E-state index < -0.39 is 0 Å². The topological polar surface area (TPSA) is 4.93 Å². The van der Waals surface area contributed by atoms with Crippen LogP contribution in [-0.2, 0) is 5.41 Å². The van der Waals surface area contributed by atoms with E-state index in [1.165, 1.54) is 105 Å². The lowest BCUT2D eigenvalue weighted by Gasteiger charge is -2.30. The van der Waals surface area contributed by atoms with Crippen LogP contribution in [0.3, 0.4) is 0 Å². The monoisotopic (exact) mass is 635 g/mol. The quantitative estimate of drug-likeness (QED) is 0.178. The fraction of sp³-hybridized carbons (Fsp3) is 0.0612. The highest BCUT2D eigenvalue weighted by Gasteiger charge is 2.51. The van der Waals surface area contributed by atoms with Crippen LogP contribution >= 0.6 is 0 Å². The van der Waals surface area contributed by atoms with Crippen molar-refractivity contribution in [2.75, 3.05) is 0 Å². The highest BCUT2D eigenvalue weighted by Crippen LogP contribution is 2.63. The zero-order chi connectivity index (χ0) is 33.1. The smallest absolute Gasteiger partial charge is 0.0725 e. The fourth-order valence-electron chi connectivity index (χ4n) is 9.60. The van der Waals surface area contributed by atoms with E-state index in [9.17, 15) is 0 Å². The maximum Gasteiger partial charge on any atom is 0.0725 e. The number of nitrogens with zero attached hydrogens (tertiary/aromatic N) is 1. The van der Waals surface area contributed by atoms with Crippen molar-refractivity contribution < 1.29 is 0 Å². The van der Waals surface area contributed by atoms with E-state index in [2.05, 4.69) is 182 Å².